The zero-order valence-corrected chi connectivity index (χ0v) is 24.1. The number of hydrogen-bond acceptors (Lipinski definition) is 6. The first-order valence-corrected chi connectivity index (χ1v) is 14.4. The van der Waals surface area contributed by atoms with E-state index in [9.17, 15) is 18.8 Å². The van der Waals surface area contributed by atoms with E-state index in [1.807, 2.05) is 26.0 Å². The van der Waals surface area contributed by atoms with E-state index in [2.05, 4.69) is 6.92 Å². The van der Waals surface area contributed by atoms with Crippen molar-refractivity contribution >= 4 is 17.9 Å². The van der Waals surface area contributed by atoms with E-state index in [1.54, 1.807) is 12.1 Å². The molecule has 218 valence electrons. The van der Waals surface area contributed by atoms with Gasteiger partial charge in [0.1, 0.15) is 17.3 Å². The van der Waals surface area contributed by atoms with Gasteiger partial charge in [-0.15, -0.1) is 0 Å². The highest BCUT2D eigenvalue weighted by molar-refractivity contribution is 5.93. The monoisotopic (exact) mass is 562 g/mol. The number of ether oxygens (including phenoxy) is 3. The predicted molar refractivity (Wildman–Crippen MR) is 156 cm³/mol. The summed E-state index contributed by atoms with van der Waals surface area (Å²) in [6.45, 7) is 6.31. The van der Waals surface area contributed by atoms with E-state index in [-0.39, 0.29) is 35.2 Å². The first kappa shape index (κ1) is 31.5. The lowest BCUT2D eigenvalue weighted by molar-refractivity contribution is 0.0441. The van der Waals surface area contributed by atoms with Crippen LogP contribution in [0.5, 0.6) is 11.5 Å². The van der Waals surface area contributed by atoms with Crippen molar-refractivity contribution in [3.63, 3.8) is 0 Å². The Hall–Kier alpha value is -4.00. The SMILES string of the molecule is CCCCCCCCc1ccc(C(=O)Oc2ccc(C(=O)Oc3ccc(C(=O)OC[C@@H](C)CC)c(F)c3)cc2)cc1. The van der Waals surface area contributed by atoms with Crippen molar-refractivity contribution < 1.29 is 33.0 Å². The molecule has 1 atom stereocenters. The average molecular weight is 563 g/mol. The zero-order chi connectivity index (χ0) is 29.6. The van der Waals surface area contributed by atoms with Crippen molar-refractivity contribution in [2.75, 3.05) is 6.61 Å². The highest BCUT2D eigenvalue weighted by atomic mass is 19.1. The Kier molecular flexibility index (Phi) is 12.5. The molecule has 3 aromatic rings. The zero-order valence-electron chi connectivity index (χ0n) is 24.1. The fourth-order valence-electron chi connectivity index (χ4n) is 4.05. The van der Waals surface area contributed by atoms with Gasteiger partial charge in [-0.1, -0.05) is 71.4 Å². The lowest BCUT2D eigenvalue weighted by Crippen LogP contribution is -2.13. The van der Waals surface area contributed by atoms with E-state index in [1.165, 1.54) is 74.1 Å². The summed E-state index contributed by atoms with van der Waals surface area (Å²) in [6.07, 6.45) is 9.25. The average Bonchev–Trinajstić information content (AvgIpc) is 2.98. The molecule has 0 aliphatic rings. The number of carbonyl (C=O) groups excluding carboxylic acids is 3. The number of aryl methyl sites for hydroxylation is 1. The summed E-state index contributed by atoms with van der Waals surface area (Å²) in [5.41, 5.74) is 1.58. The van der Waals surface area contributed by atoms with E-state index in [0.29, 0.717) is 5.56 Å². The maximum Gasteiger partial charge on any atom is 0.343 e. The molecule has 0 amide bonds. The van der Waals surface area contributed by atoms with Gasteiger partial charge >= 0.3 is 17.9 Å². The molecule has 0 fully saturated rings. The molecule has 0 saturated heterocycles. The molecule has 0 aliphatic carbocycles. The summed E-state index contributed by atoms with van der Waals surface area (Å²) >= 11 is 0. The summed E-state index contributed by atoms with van der Waals surface area (Å²) in [7, 11) is 0. The van der Waals surface area contributed by atoms with Crippen molar-refractivity contribution in [3.8, 4) is 11.5 Å². The lowest BCUT2D eigenvalue weighted by Gasteiger charge is -2.11. The number of rotatable bonds is 15. The predicted octanol–water partition coefficient (Wildman–Crippen LogP) is 8.37. The number of unbranched alkanes of at least 4 members (excludes halogenated alkanes) is 5. The molecule has 0 unspecified atom stereocenters. The first-order valence-electron chi connectivity index (χ1n) is 14.4. The van der Waals surface area contributed by atoms with Gasteiger partial charge in [-0.2, -0.15) is 0 Å². The van der Waals surface area contributed by atoms with Crippen LogP contribution in [0.1, 0.15) is 102 Å². The van der Waals surface area contributed by atoms with Crippen LogP contribution in [0.4, 0.5) is 4.39 Å². The third-order valence-corrected chi connectivity index (χ3v) is 6.88. The quantitative estimate of drug-likeness (QED) is 0.105. The summed E-state index contributed by atoms with van der Waals surface area (Å²) in [5, 5.41) is 0. The van der Waals surface area contributed by atoms with Crippen LogP contribution in [0, 0.1) is 11.7 Å². The van der Waals surface area contributed by atoms with Crippen molar-refractivity contribution in [1.29, 1.82) is 0 Å². The molecule has 41 heavy (non-hydrogen) atoms. The van der Waals surface area contributed by atoms with Gasteiger partial charge in [0.2, 0.25) is 0 Å². The van der Waals surface area contributed by atoms with E-state index >= 15 is 0 Å². The van der Waals surface area contributed by atoms with Crippen LogP contribution in [-0.4, -0.2) is 24.5 Å². The number of carbonyl (C=O) groups is 3. The van der Waals surface area contributed by atoms with E-state index in [0.717, 1.165) is 25.3 Å². The van der Waals surface area contributed by atoms with Gasteiger partial charge in [0.05, 0.1) is 23.3 Å². The second kappa shape index (κ2) is 16.3. The van der Waals surface area contributed by atoms with Crippen LogP contribution in [0.25, 0.3) is 0 Å². The highest BCUT2D eigenvalue weighted by Crippen LogP contribution is 2.21. The van der Waals surface area contributed by atoms with Crippen LogP contribution in [-0.2, 0) is 11.2 Å². The van der Waals surface area contributed by atoms with Gasteiger partial charge in [0.15, 0.2) is 0 Å². The van der Waals surface area contributed by atoms with Gasteiger partial charge in [-0.05, 0) is 72.9 Å². The Morgan fingerprint density at radius 1 is 0.707 bits per heavy atom. The van der Waals surface area contributed by atoms with Crippen LogP contribution in [0.15, 0.2) is 66.7 Å². The summed E-state index contributed by atoms with van der Waals surface area (Å²) < 4.78 is 30.3. The second-order valence-corrected chi connectivity index (χ2v) is 10.3. The number of halogens is 1. The third-order valence-electron chi connectivity index (χ3n) is 6.88. The van der Waals surface area contributed by atoms with Crippen molar-refractivity contribution in [2.24, 2.45) is 5.92 Å². The fraction of sp³-hybridized carbons (Fsp3) is 0.382. The lowest BCUT2D eigenvalue weighted by atomic mass is 10.0. The minimum atomic E-state index is -0.845. The molecule has 0 heterocycles. The number of hydrogen-bond donors (Lipinski definition) is 0. The molecule has 6 nitrogen and oxygen atoms in total. The largest absolute Gasteiger partial charge is 0.462 e. The second-order valence-electron chi connectivity index (χ2n) is 10.3. The van der Waals surface area contributed by atoms with E-state index in [4.69, 9.17) is 14.2 Å². The van der Waals surface area contributed by atoms with Crippen molar-refractivity contribution in [3.05, 3.63) is 94.8 Å². The maximum atomic E-state index is 14.5. The Balaban J connectivity index is 1.49. The molecular formula is C34H39FO6. The summed E-state index contributed by atoms with van der Waals surface area (Å²) in [4.78, 5) is 37.2. The molecule has 3 aromatic carbocycles. The van der Waals surface area contributed by atoms with Gasteiger partial charge in [-0.3, -0.25) is 0 Å². The minimum absolute atomic E-state index is 0.0542. The maximum absolute atomic E-state index is 14.5. The molecule has 3 rings (SSSR count). The molecule has 0 aliphatic heterocycles. The van der Waals surface area contributed by atoms with Gasteiger partial charge < -0.3 is 14.2 Å². The fourth-order valence-corrected chi connectivity index (χ4v) is 4.05. The van der Waals surface area contributed by atoms with Crippen molar-refractivity contribution in [1.82, 2.24) is 0 Å². The molecule has 7 heteroatoms. The molecule has 0 spiro atoms. The molecule has 0 saturated carbocycles. The molecule has 0 bridgehead atoms. The Morgan fingerprint density at radius 3 is 1.88 bits per heavy atom. The Labute approximate surface area is 241 Å². The highest BCUT2D eigenvalue weighted by Gasteiger charge is 2.17. The number of esters is 3. The van der Waals surface area contributed by atoms with Crippen LogP contribution < -0.4 is 9.47 Å². The topological polar surface area (TPSA) is 78.9 Å². The van der Waals surface area contributed by atoms with Crippen LogP contribution in [0.3, 0.4) is 0 Å². The molecule has 0 N–H and O–H groups in total. The molecule has 0 aromatic heterocycles. The first-order chi connectivity index (χ1) is 19.8. The van der Waals surface area contributed by atoms with Gasteiger partial charge in [0.25, 0.3) is 0 Å². The summed E-state index contributed by atoms with van der Waals surface area (Å²) in [5.74, 6) is -2.45. The van der Waals surface area contributed by atoms with Crippen LogP contribution in [0.2, 0.25) is 0 Å². The molecule has 0 radical (unpaired) electrons. The number of benzene rings is 3. The smallest absolute Gasteiger partial charge is 0.343 e. The van der Waals surface area contributed by atoms with Gasteiger partial charge in [-0.25, -0.2) is 18.8 Å². The Bertz CT molecular complexity index is 1280. The van der Waals surface area contributed by atoms with Crippen molar-refractivity contribution in [2.45, 2.75) is 72.1 Å². The standard InChI is InChI=1S/C34H39FO6/c1-4-6-7-8-9-10-11-25-12-14-26(15-13-25)32(36)40-28-18-16-27(17-19-28)33(37)41-29-20-21-30(31(35)22-29)34(38)39-23-24(3)5-2/h12-22,24H,4-11,23H2,1-3H3/t24-/m0/s1. The Morgan fingerprint density at radius 2 is 1.27 bits per heavy atom. The molecular weight excluding hydrogens is 523 g/mol. The van der Waals surface area contributed by atoms with Crippen LogP contribution >= 0.6 is 0 Å². The summed E-state index contributed by atoms with van der Waals surface area (Å²) in [6, 6.07) is 16.8. The van der Waals surface area contributed by atoms with Gasteiger partial charge in [0, 0.05) is 6.07 Å². The van der Waals surface area contributed by atoms with E-state index < -0.39 is 23.7 Å². The third kappa shape index (κ3) is 10.2. The minimum Gasteiger partial charge on any atom is -0.462 e. The normalized spacial score (nSPS) is 11.5.